The van der Waals surface area contributed by atoms with Crippen molar-refractivity contribution >= 4 is 5.91 Å². The summed E-state index contributed by atoms with van der Waals surface area (Å²) < 4.78 is 18.3. The van der Waals surface area contributed by atoms with Crippen LogP contribution < -0.4 is 5.32 Å². The van der Waals surface area contributed by atoms with Crippen molar-refractivity contribution in [2.75, 3.05) is 14.1 Å². The first-order chi connectivity index (χ1) is 12.9. The van der Waals surface area contributed by atoms with Gasteiger partial charge in [-0.2, -0.15) is 0 Å². The first kappa shape index (κ1) is 18.8. The van der Waals surface area contributed by atoms with E-state index in [2.05, 4.69) is 10.5 Å². The van der Waals surface area contributed by atoms with E-state index < -0.39 is 6.04 Å². The van der Waals surface area contributed by atoms with Crippen LogP contribution in [0.5, 0.6) is 0 Å². The fourth-order valence-electron chi connectivity index (χ4n) is 2.95. The molecule has 0 radical (unpaired) electrons. The molecule has 0 aliphatic rings. The monoisotopic (exact) mass is 367 g/mol. The highest BCUT2D eigenvalue weighted by molar-refractivity contribution is 5.83. The van der Waals surface area contributed by atoms with Crippen LogP contribution in [0, 0.1) is 12.7 Å². The summed E-state index contributed by atoms with van der Waals surface area (Å²) in [6.07, 6.45) is 0. The summed E-state index contributed by atoms with van der Waals surface area (Å²) in [7, 11) is 3.74. The molecule has 3 rings (SSSR count). The van der Waals surface area contributed by atoms with Crippen LogP contribution in [0.2, 0.25) is 0 Å². The molecule has 140 valence electrons. The lowest BCUT2D eigenvalue weighted by Crippen LogP contribution is -2.36. The van der Waals surface area contributed by atoms with E-state index in [9.17, 15) is 9.18 Å². The van der Waals surface area contributed by atoms with E-state index in [0.29, 0.717) is 11.5 Å². The third-order valence-corrected chi connectivity index (χ3v) is 4.26. The summed E-state index contributed by atoms with van der Waals surface area (Å²) >= 11 is 0. The second-order valence-corrected chi connectivity index (χ2v) is 6.68. The summed E-state index contributed by atoms with van der Waals surface area (Å²) in [5, 5.41) is 6.88. The van der Waals surface area contributed by atoms with Gasteiger partial charge in [0.05, 0.1) is 6.54 Å². The lowest BCUT2D eigenvalue weighted by Gasteiger charge is -2.24. The number of hydrogen-bond donors (Lipinski definition) is 1. The van der Waals surface area contributed by atoms with Gasteiger partial charge in [-0.1, -0.05) is 35.0 Å². The molecule has 1 aromatic heterocycles. The zero-order chi connectivity index (χ0) is 19.4. The van der Waals surface area contributed by atoms with Gasteiger partial charge in [0.15, 0.2) is 5.76 Å². The number of rotatable bonds is 6. The molecule has 1 amide bonds. The van der Waals surface area contributed by atoms with Gasteiger partial charge in [0.2, 0.25) is 5.91 Å². The van der Waals surface area contributed by atoms with E-state index in [1.165, 1.54) is 12.1 Å². The van der Waals surface area contributed by atoms with Gasteiger partial charge in [-0.15, -0.1) is 0 Å². The first-order valence-electron chi connectivity index (χ1n) is 8.66. The highest BCUT2D eigenvalue weighted by Gasteiger charge is 2.23. The number of aromatic nitrogens is 1. The van der Waals surface area contributed by atoms with Crippen molar-refractivity contribution < 1.29 is 13.7 Å². The number of nitrogens with one attached hydrogen (secondary N) is 1. The van der Waals surface area contributed by atoms with Gasteiger partial charge in [0, 0.05) is 11.6 Å². The van der Waals surface area contributed by atoms with E-state index in [1.54, 1.807) is 18.2 Å². The Morgan fingerprint density at radius 2 is 1.93 bits per heavy atom. The van der Waals surface area contributed by atoms with Crippen molar-refractivity contribution in [2.45, 2.75) is 19.5 Å². The topological polar surface area (TPSA) is 58.4 Å². The van der Waals surface area contributed by atoms with Crippen molar-refractivity contribution in [2.24, 2.45) is 0 Å². The molecule has 0 saturated heterocycles. The summed E-state index contributed by atoms with van der Waals surface area (Å²) in [5.74, 6) is 0.107. The molecular formula is C21H22FN3O2. The van der Waals surface area contributed by atoms with Crippen molar-refractivity contribution in [3.8, 4) is 11.3 Å². The maximum Gasteiger partial charge on any atom is 0.242 e. The summed E-state index contributed by atoms with van der Waals surface area (Å²) in [4.78, 5) is 14.6. The molecule has 1 heterocycles. The van der Waals surface area contributed by atoms with Crippen LogP contribution in [0.15, 0.2) is 59.1 Å². The van der Waals surface area contributed by atoms with Crippen LogP contribution in [-0.4, -0.2) is 30.1 Å². The van der Waals surface area contributed by atoms with Crippen LogP contribution in [0.3, 0.4) is 0 Å². The molecule has 0 saturated carbocycles. The Bertz CT molecular complexity index is 919. The van der Waals surface area contributed by atoms with Gasteiger partial charge < -0.3 is 9.84 Å². The van der Waals surface area contributed by atoms with Crippen LogP contribution in [0.4, 0.5) is 4.39 Å². The molecule has 1 atom stereocenters. The SMILES string of the molecule is Cc1cccc([C@@H](C(=O)NCc2cc(-c3ccc(F)cc3)no2)N(C)C)c1. The van der Waals surface area contributed by atoms with Gasteiger partial charge in [0.1, 0.15) is 17.6 Å². The van der Waals surface area contributed by atoms with Crippen molar-refractivity contribution in [3.63, 3.8) is 0 Å². The van der Waals surface area contributed by atoms with E-state index >= 15 is 0 Å². The van der Waals surface area contributed by atoms with Crippen LogP contribution in [0.1, 0.15) is 22.9 Å². The first-order valence-corrected chi connectivity index (χ1v) is 8.66. The van der Waals surface area contributed by atoms with Crippen LogP contribution in [0.25, 0.3) is 11.3 Å². The number of aryl methyl sites for hydroxylation is 1. The zero-order valence-electron chi connectivity index (χ0n) is 15.6. The minimum atomic E-state index is -0.399. The molecule has 0 aliphatic heterocycles. The predicted octanol–water partition coefficient (Wildman–Crippen LogP) is 3.71. The van der Waals surface area contributed by atoms with Gasteiger partial charge in [-0.25, -0.2) is 4.39 Å². The van der Waals surface area contributed by atoms with Crippen LogP contribution in [-0.2, 0) is 11.3 Å². The Kier molecular flexibility index (Phi) is 5.66. The quantitative estimate of drug-likeness (QED) is 0.722. The van der Waals surface area contributed by atoms with E-state index in [-0.39, 0.29) is 18.3 Å². The number of amides is 1. The number of hydrogen-bond acceptors (Lipinski definition) is 4. The molecule has 0 fully saturated rings. The normalized spacial score (nSPS) is 12.2. The van der Waals surface area contributed by atoms with Gasteiger partial charge in [-0.05, 0) is 50.8 Å². The van der Waals surface area contributed by atoms with E-state index in [0.717, 1.165) is 16.7 Å². The minimum Gasteiger partial charge on any atom is -0.359 e. The zero-order valence-corrected chi connectivity index (χ0v) is 15.6. The molecule has 6 heteroatoms. The number of benzene rings is 2. The van der Waals surface area contributed by atoms with Crippen LogP contribution >= 0.6 is 0 Å². The average molecular weight is 367 g/mol. The number of nitrogens with zero attached hydrogens (tertiary/aromatic N) is 2. The maximum atomic E-state index is 13.0. The fraction of sp³-hybridized carbons (Fsp3) is 0.238. The Labute approximate surface area is 157 Å². The molecular weight excluding hydrogens is 345 g/mol. The van der Waals surface area contributed by atoms with Crippen molar-refractivity contribution in [1.82, 2.24) is 15.4 Å². The number of likely N-dealkylation sites (N-methyl/N-ethyl adjacent to an activating group) is 1. The number of carbonyl (C=O) groups excluding carboxylic acids is 1. The van der Waals surface area contributed by atoms with Crippen molar-refractivity contribution in [1.29, 1.82) is 0 Å². The molecule has 2 aromatic carbocycles. The average Bonchev–Trinajstić information content (AvgIpc) is 3.09. The Morgan fingerprint density at radius 3 is 2.59 bits per heavy atom. The number of carbonyl (C=O) groups is 1. The highest BCUT2D eigenvalue weighted by Crippen LogP contribution is 2.21. The Morgan fingerprint density at radius 1 is 1.19 bits per heavy atom. The molecule has 0 aliphatic carbocycles. The third-order valence-electron chi connectivity index (χ3n) is 4.26. The van der Waals surface area contributed by atoms with E-state index in [1.807, 2.05) is 50.2 Å². The van der Waals surface area contributed by atoms with Gasteiger partial charge in [0.25, 0.3) is 0 Å². The summed E-state index contributed by atoms with van der Waals surface area (Å²) in [6.45, 7) is 2.23. The summed E-state index contributed by atoms with van der Waals surface area (Å²) in [5.41, 5.74) is 3.39. The molecule has 0 unspecified atom stereocenters. The lowest BCUT2D eigenvalue weighted by molar-refractivity contribution is -0.126. The van der Waals surface area contributed by atoms with E-state index in [4.69, 9.17) is 4.52 Å². The number of halogens is 1. The fourth-order valence-corrected chi connectivity index (χ4v) is 2.95. The molecule has 5 nitrogen and oxygen atoms in total. The van der Waals surface area contributed by atoms with Gasteiger partial charge >= 0.3 is 0 Å². The molecule has 3 aromatic rings. The van der Waals surface area contributed by atoms with Gasteiger partial charge in [-0.3, -0.25) is 9.69 Å². The second-order valence-electron chi connectivity index (χ2n) is 6.68. The predicted molar refractivity (Wildman–Crippen MR) is 101 cm³/mol. The third kappa shape index (κ3) is 4.60. The highest BCUT2D eigenvalue weighted by atomic mass is 19.1. The second kappa shape index (κ2) is 8.14. The summed E-state index contributed by atoms with van der Waals surface area (Å²) in [6, 6.07) is 15.2. The lowest BCUT2D eigenvalue weighted by atomic mass is 10.0. The standard InChI is InChI=1S/C21H22FN3O2/c1-14-5-4-6-16(11-14)20(25(2)3)21(26)23-13-18-12-19(24-27-18)15-7-9-17(22)10-8-15/h4-12,20H,13H2,1-3H3,(H,23,26)/t20-/m0/s1. The maximum absolute atomic E-state index is 13.0. The molecule has 0 bridgehead atoms. The smallest absolute Gasteiger partial charge is 0.242 e. The van der Waals surface area contributed by atoms with Crippen molar-refractivity contribution in [3.05, 3.63) is 77.3 Å². The molecule has 27 heavy (non-hydrogen) atoms. The Hall–Kier alpha value is -2.99. The minimum absolute atomic E-state index is 0.120. The molecule has 1 N–H and O–H groups in total. The molecule has 0 spiro atoms. The Balaban J connectivity index is 1.68. The largest absolute Gasteiger partial charge is 0.359 e.